The van der Waals surface area contributed by atoms with Crippen molar-refractivity contribution in [3.63, 3.8) is 0 Å². The number of nitrogens with two attached hydrogens (primary N) is 1. The molecule has 1 radical (unpaired) electrons. The second kappa shape index (κ2) is 5.91. The van der Waals surface area contributed by atoms with Crippen molar-refractivity contribution in [3.05, 3.63) is 47.5 Å². The number of rotatable bonds is 4. The van der Waals surface area contributed by atoms with Gasteiger partial charge in [0.15, 0.2) is 0 Å². The van der Waals surface area contributed by atoms with Crippen molar-refractivity contribution < 1.29 is 9.59 Å². The minimum atomic E-state index is -0.573. The Labute approximate surface area is 157 Å². The molecular weight excluding hydrogens is 346 g/mol. The lowest BCUT2D eigenvalue weighted by atomic mass is 10.1. The van der Waals surface area contributed by atoms with Gasteiger partial charge >= 0.3 is 0 Å². The molecule has 2 N–H and O–H groups in total. The van der Waals surface area contributed by atoms with Gasteiger partial charge in [0.2, 0.25) is 5.91 Å². The predicted molar refractivity (Wildman–Crippen MR) is 102 cm³/mol. The zero-order chi connectivity index (χ0) is 18.6. The van der Waals surface area contributed by atoms with Gasteiger partial charge in [0.1, 0.15) is 5.69 Å². The molecule has 1 aliphatic carbocycles. The first-order valence-electron chi connectivity index (χ1n) is 8.88. The standard InChI is InChI=1S/C20H22N3O2S/c1-4-13-5-7-14(8-6-13)17-16(22-12(3)26-17)18(24)23-10-20(19(21)25)9-15(20)11(23)2/h5-8,11,15H,2,4,9-10H2,1,3H3,(H2,21,25)/t11-,15+,20-/m0/s1. The number of primary amides is 1. The molecule has 1 saturated carbocycles. The van der Waals surface area contributed by atoms with Crippen LogP contribution < -0.4 is 5.73 Å². The van der Waals surface area contributed by atoms with Crippen LogP contribution in [0.4, 0.5) is 0 Å². The fraction of sp³-hybridized carbons (Fsp3) is 0.400. The third kappa shape index (κ3) is 2.47. The van der Waals surface area contributed by atoms with E-state index in [1.165, 1.54) is 16.9 Å². The van der Waals surface area contributed by atoms with Gasteiger partial charge in [-0.3, -0.25) is 9.59 Å². The first-order chi connectivity index (χ1) is 12.4. The molecular formula is C20H22N3O2S. The van der Waals surface area contributed by atoms with Crippen molar-refractivity contribution in [2.75, 3.05) is 6.54 Å². The molecule has 5 nitrogen and oxygen atoms in total. The summed E-state index contributed by atoms with van der Waals surface area (Å²) in [5.41, 5.74) is 7.69. The van der Waals surface area contributed by atoms with Gasteiger partial charge in [-0.1, -0.05) is 31.2 Å². The fourth-order valence-electron chi connectivity index (χ4n) is 4.04. The lowest BCUT2D eigenvalue weighted by molar-refractivity contribution is -0.123. The quantitative estimate of drug-likeness (QED) is 0.901. The Morgan fingerprint density at radius 1 is 1.38 bits per heavy atom. The Kier molecular flexibility index (Phi) is 3.91. The van der Waals surface area contributed by atoms with E-state index in [0.717, 1.165) is 28.3 Å². The lowest BCUT2D eigenvalue weighted by Gasteiger charge is -2.24. The van der Waals surface area contributed by atoms with Crippen LogP contribution in [0.15, 0.2) is 24.3 Å². The van der Waals surface area contributed by atoms with Crippen LogP contribution in [0.2, 0.25) is 0 Å². The molecule has 2 fully saturated rings. The van der Waals surface area contributed by atoms with E-state index in [2.05, 4.69) is 31.0 Å². The number of carbonyl (C=O) groups excluding carboxylic acids is 2. The maximum atomic E-state index is 13.2. The molecule has 2 amide bonds. The third-order valence-electron chi connectivity index (χ3n) is 5.76. The molecule has 6 heteroatoms. The highest BCUT2D eigenvalue weighted by Gasteiger charge is 2.68. The van der Waals surface area contributed by atoms with E-state index >= 15 is 0 Å². The van der Waals surface area contributed by atoms with E-state index < -0.39 is 5.41 Å². The molecule has 2 heterocycles. The second-order valence-electron chi connectivity index (χ2n) is 7.29. The number of hydrogen-bond acceptors (Lipinski definition) is 4. The van der Waals surface area contributed by atoms with Gasteiger partial charge in [-0.15, -0.1) is 11.3 Å². The zero-order valence-electron chi connectivity index (χ0n) is 15.0. The van der Waals surface area contributed by atoms with E-state index in [1.807, 2.05) is 19.1 Å². The molecule has 0 bridgehead atoms. The largest absolute Gasteiger partial charge is 0.369 e. The molecule has 26 heavy (non-hydrogen) atoms. The monoisotopic (exact) mass is 368 g/mol. The lowest BCUT2D eigenvalue weighted by Crippen LogP contribution is -2.39. The topological polar surface area (TPSA) is 76.3 Å². The maximum absolute atomic E-state index is 13.2. The Morgan fingerprint density at radius 3 is 2.65 bits per heavy atom. The van der Waals surface area contributed by atoms with Crippen LogP contribution in [-0.2, 0) is 11.2 Å². The van der Waals surface area contributed by atoms with Crippen molar-refractivity contribution in [1.29, 1.82) is 0 Å². The molecule has 1 aliphatic heterocycles. The highest BCUT2D eigenvalue weighted by Crippen LogP contribution is 2.60. The number of likely N-dealkylation sites (tertiary alicyclic amines) is 1. The number of benzene rings is 1. The number of nitrogens with zero attached hydrogens (tertiary/aromatic N) is 2. The maximum Gasteiger partial charge on any atom is 0.274 e. The molecule has 3 atom stereocenters. The van der Waals surface area contributed by atoms with Crippen LogP contribution >= 0.6 is 11.3 Å². The summed E-state index contributed by atoms with van der Waals surface area (Å²) in [6.45, 7) is 8.49. The Balaban J connectivity index is 1.66. The number of hydrogen-bond donors (Lipinski definition) is 1. The number of carbonyl (C=O) groups is 2. The van der Waals surface area contributed by atoms with Crippen molar-refractivity contribution in [3.8, 4) is 10.4 Å². The Bertz CT molecular complexity index is 889. The molecule has 2 aromatic rings. The van der Waals surface area contributed by atoms with Crippen molar-refractivity contribution >= 4 is 23.2 Å². The Morgan fingerprint density at radius 2 is 2.08 bits per heavy atom. The molecule has 2 aliphatic rings. The Hall–Kier alpha value is -2.21. The SMILES string of the molecule is [CH2][C@H]1[C@H]2C[C@]2(C(N)=O)CN1C(=O)c1nc(C)sc1-c1ccc(CC)cc1. The number of amides is 2. The number of piperidine rings is 1. The molecule has 0 spiro atoms. The third-order valence-corrected chi connectivity index (χ3v) is 6.78. The normalized spacial score (nSPS) is 26.7. The van der Waals surface area contributed by atoms with Crippen molar-refractivity contribution in [2.45, 2.75) is 32.7 Å². The average Bonchev–Trinajstić information content (AvgIpc) is 3.14. The minimum Gasteiger partial charge on any atom is -0.369 e. The smallest absolute Gasteiger partial charge is 0.274 e. The molecule has 1 aromatic heterocycles. The summed E-state index contributed by atoms with van der Waals surface area (Å²) in [6.07, 6.45) is 1.71. The summed E-state index contributed by atoms with van der Waals surface area (Å²) < 4.78 is 0. The van der Waals surface area contributed by atoms with Crippen LogP contribution in [0.5, 0.6) is 0 Å². The highest BCUT2D eigenvalue weighted by molar-refractivity contribution is 7.15. The second-order valence-corrected chi connectivity index (χ2v) is 8.50. The van der Waals surface area contributed by atoms with Gasteiger partial charge < -0.3 is 10.6 Å². The molecule has 4 rings (SSSR count). The van der Waals surface area contributed by atoms with Crippen molar-refractivity contribution in [2.24, 2.45) is 17.1 Å². The van der Waals surface area contributed by atoms with E-state index in [9.17, 15) is 9.59 Å². The van der Waals surface area contributed by atoms with E-state index in [4.69, 9.17) is 5.73 Å². The van der Waals surface area contributed by atoms with E-state index in [1.54, 1.807) is 4.90 Å². The minimum absolute atomic E-state index is 0.0796. The van der Waals surface area contributed by atoms with Crippen LogP contribution in [0, 0.1) is 25.2 Å². The van der Waals surface area contributed by atoms with Gasteiger partial charge in [0.05, 0.1) is 15.3 Å². The fourth-order valence-corrected chi connectivity index (χ4v) is 4.95. The summed E-state index contributed by atoms with van der Waals surface area (Å²) >= 11 is 1.52. The first-order valence-corrected chi connectivity index (χ1v) is 9.69. The van der Waals surface area contributed by atoms with Crippen LogP contribution in [0.3, 0.4) is 0 Å². The van der Waals surface area contributed by atoms with Crippen LogP contribution in [0.1, 0.15) is 34.4 Å². The average molecular weight is 368 g/mol. The van der Waals surface area contributed by atoms with Gasteiger partial charge in [0, 0.05) is 12.6 Å². The summed E-state index contributed by atoms with van der Waals surface area (Å²) in [7, 11) is 0. The van der Waals surface area contributed by atoms with E-state index in [-0.39, 0.29) is 23.8 Å². The zero-order valence-corrected chi connectivity index (χ0v) is 15.8. The number of aromatic nitrogens is 1. The van der Waals surface area contributed by atoms with Gasteiger partial charge in [-0.25, -0.2) is 4.98 Å². The van der Waals surface area contributed by atoms with Gasteiger partial charge in [-0.2, -0.15) is 0 Å². The highest BCUT2D eigenvalue weighted by atomic mass is 32.1. The van der Waals surface area contributed by atoms with E-state index in [0.29, 0.717) is 12.2 Å². The summed E-state index contributed by atoms with van der Waals surface area (Å²) in [5.74, 6) is -0.399. The van der Waals surface area contributed by atoms with Gasteiger partial charge in [-0.05, 0) is 43.7 Å². The van der Waals surface area contributed by atoms with Crippen LogP contribution in [0.25, 0.3) is 10.4 Å². The molecule has 135 valence electrons. The summed E-state index contributed by atoms with van der Waals surface area (Å²) in [6, 6.07) is 8.01. The number of thiazole rings is 1. The number of aryl methyl sites for hydroxylation is 2. The summed E-state index contributed by atoms with van der Waals surface area (Å²) in [4.78, 5) is 32.1. The van der Waals surface area contributed by atoms with Crippen molar-refractivity contribution in [1.82, 2.24) is 9.88 Å². The molecule has 1 saturated heterocycles. The first kappa shape index (κ1) is 17.2. The molecule has 1 aromatic carbocycles. The van der Waals surface area contributed by atoms with Crippen LogP contribution in [-0.4, -0.2) is 34.3 Å². The summed E-state index contributed by atoms with van der Waals surface area (Å²) in [5, 5.41) is 0.845. The molecule has 0 unspecified atom stereocenters. The van der Waals surface area contributed by atoms with Gasteiger partial charge in [0.25, 0.3) is 5.91 Å². The predicted octanol–water partition coefficient (Wildman–Crippen LogP) is 2.83. The number of fused-ring (bicyclic) bond motifs is 1.